The first-order chi connectivity index (χ1) is 17.0. The van der Waals surface area contributed by atoms with Crippen LogP contribution in [-0.4, -0.2) is 24.8 Å². The van der Waals surface area contributed by atoms with E-state index in [2.05, 4.69) is 10.2 Å². The van der Waals surface area contributed by atoms with Gasteiger partial charge in [0.25, 0.3) is 21.9 Å². The summed E-state index contributed by atoms with van der Waals surface area (Å²) in [4.78, 5) is 26.4. The average molecular weight is 524 g/mol. The van der Waals surface area contributed by atoms with Gasteiger partial charge in [-0.1, -0.05) is 29.5 Å². The van der Waals surface area contributed by atoms with Crippen LogP contribution in [-0.2, 0) is 10.1 Å². The topological polar surface area (TPSA) is 166 Å². The standard InChI is InChI=1S/C25H18N4O6S.Na/c1-13-2-6-16(7-3-13)29-24(31)18-8-5-15(11-19(18)25(29)32)27-28-23-20(26)9-4-14-10-17(36(33,34)35)12-21(30)22(14)23;/h2-12,30H,26H2,1H3,(H,33,34,35);/q;+1/p-1. The van der Waals surface area contributed by atoms with Gasteiger partial charge in [-0.25, -0.2) is 4.90 Å². The maximum absolute atomic E-state index is 13.0. The molecule has 3 N–H and O–H groups in total. The Kier molecular flexibility index (Phi) is 6.93. The fourth-order valence-electron chi connectivity index (χ4n) is 3.98. The Hall–Kier alpha value is -3.61. The van der Waals surface area contributed by atoms with Crippen molar-refractivity contribution in [2.45, 2.75) is 11.8 Å². The van der Waals surface area contributed by atoms with Crippen molar-refractivity contribution in [3.05, 3.63) is 83.4 Å². The normalized spacial score (nSPS) is 13.3. The van der Waals surface area contributed by atoms with Crippen molar-refractivity contribution in [3.8, 4) is 5.75 Å². The molecule has 0 bridgehead atoms. The summed E-state index contributed by atoms with van der Waals surface area (Å²) in [6, 6.07) is 16.1. The van der Waals surface area contributed by atoms with Gasteiger partial charge < -0.3 is 10.8 Å². The van der Waals surface area contributed by atoms with Crippen molar-refractivity contribution < 1.29 is 57.2 Å². The van der Waals surface area contributed by atoms with Gasteiger partial charge in [0.2, 0.25) is 0 Å². The zero-order valence-electron chi connectivity index (χ0n) is 19.7. The molecule has 12 heteroatoms. The van der Waals surface area contributed by atoms with Gasteiger partial charge in [-0.2, -0.15) is 13.5 Å². The van der Waals surface area contributed by atoms with Crippen molar-refractivity contribution >= 4 is 55.5 Å². The van der Waals surface area contributed by atoms with Crippen LogP contribution in [0.3, 0.4) is 0 Å². The largest absolute Gasteiger partial charge is 1.00 e. The summed E-state index contributed by atoms with van der Waals surface area (Å²) in [6.07, 6.45) is 0. The van der Waals surface area contributed by atoms with Crippen molar-refractivity contribution in [3.63, 3.8) is 0 Å². The van der Waals surface area contributed by atoms with Crippen LogP contribution < -0.4 is 45.3 Å². The number of nitrogen functional groups attached to an aromatic ring is 1. The zero-order chi connectivity index (χ0) is 25.8. The van der Waals surface area contributed by atoms with Gasteiger partial charge in [-0.15, -0.1) is 5.11 Å². The predicted octanol–water partition coefficient (Wildman–Crippen LogP) is 1.27. The number of rotatable bonds is 4. The van der Waals surface area contributed by atoms with Crippen LogP contribution in [0.15, 0.2) is 81.9 Å². The Labute approximate surface area is 233 Å². The predicted molar refractivity (Wildman–Crippen MR) is 131 cm³/mol. The Balaban J connectivity index is 0.00000320. The van der Waals surface area contributed by atoms with Crippen LogP contribution >= 0.6 is 0 Å². The molecule has 2 amide bonds. The minimum absolute atomic E-state index is 0. The maximum atomic E-state index is 13.0. The quantitative estimate of drug-likeness (QED) is 0.133. The first kappa shape index (κ1) is 26.5. The van der Waals surface area contributed by atoms with Crippen LogP contribution in [0.1, 0.15) is 26.3 Å². The minimum atomic E-state index is -4.59. The summed E-state index contributed by atoms with van der Waals surface area (Å²) < 4.78 is 32.2. The van der Waals surface area contributed by atoms with E-state index in [0.717, 1.165) is 22.6 Å². The molecule has 37 heavy (non-hydrogen) atoms. The van der Waals surface area contributed by atoms with Gasteiger partial charge >= 0.3 is 29.6 Å². The first-order valence-electron chi connectivity index (χ1n) is 10.6. The number of fused-ring (bicyclic) bond motifs is 2. The van der Waals surface area contributed by atoms with Crippen LogP contribution in [0.4, 0.5) is 22.7 Å². The molecule has 4 aromatic carbocycles. The molecule has 1 heterocycles. The van der Waals surface area contributed by atoms with Crippen LogP contribution in [0.2, 0.25) is 0 Å². The van der Waals surface area contributed by atoms with E-state index < -0.39 is 32.6 Å². The van der Waals surface area contributed by atoms with Crippen molar-refractivity contribution in [1.82, 2.24) is 0 Å². The van der Waals surface area contributed by atoms with Crippen molar-refractivity contribution in [1.29, 1.82) is 0 Å². The van der Waals surface area contributed by atoms with Gasteiger partial charge in [-0.3, -0.25) is 14.1 Å². The third-order valence-corrected chi connectivity index (χ3v) is 6.62. The fraction of sp³-hybridized carbons (Fsp3) is 0.0400. The zero-order valence-corrected chi connectivity index (χ0v) is 22.5. The maximum Gasteiger partial charge on any atom is 1.00 e. The molecule has 1 aliphatic rings. The summed E-state index contributed by atoms with van der Waals surface area (Å²) in [7, 11) is -4.59. The molecule has 10 nitrogen and oxygen atoms in total. The molecule has 0 saturated carbocycles. The number of anilines is 2. The number of hydrogen-bond acceptors (Lipinski definition) is 8. The minimum Gasteiger partial charge on any atom is -0.872 e. The molecule has 0 atom stereocenters. The van der Waals surface area contributed by atoms with E-state index in [-0.39, 0.29) is 68.5 Å². The molecular weight excluding hydrogens is 507 g/mol. The summed E-state index contributed by atoms with van der Waals surface area (Å²) in [6.45, 7) is 1.90. The van der Waals surface area contributed by atoms with Crippen LogP contribution in [0.25, 0.3) is 10.8 Å². The van der Waals surface area contributed by atoms with E-state index in [0.29, 0.717) is 5.69 Å². The molecule has 0 aliphatic carbocycles. The smallest absolute Gasteiger partial charge is 0.872 e. The molecular formula is C25H17N4NaO6S. The molecule has 180 valence electrons. The SMILES string of the molecule is Cc1ccc(N2C(=O)c3ccc(N=Nc4c(N)ccc5cc(S(=O)(=O)O)cc([O-])c45)cc3C2=O)cc1.[Na+]. The molecule has 0 unspecified atom stereocenters. The fourth-order valence-corrected chi connectivity index (χ4v) is 4.51. The number of imide groups is 1. The summed E-state index contributed by atoms with van der Waals surface area (Å²) >= 11 is 0. The summed E-state index contributed by atoms with van der Waals surface area (Å²) in [5.41, 5.74) is 8.17. The van der Waals surface area contributed by atoms with E-state index in [1.54, 1.807) is 24.3 Å². The van der Waals surface area contributed by atoms with Crippen molar-refractivity contribution in [2.75, 3.05) is 10.6 Å². The third-order valence-electron chi connectivity index (χ3n) is 5.78. The average Bonchev–Trinajstić information content (AvgIpc) is 3.08. The van der Waals surface area contributed by atoms with Gasteiger partial charge in [0, 0.05) is 5.39 Å². The van der Waals surface area contributed by atoms with E-state index in [1.807, 2.05) is 6.92 Å². The first-order valence-corrected chi connectivity index (χ1v) is 12.0. The van der Waals surface area contributed by atoms with E-state index >= 15 is 0 Å². The third kappa shape index (κ3) is 4.75. The van der Waals surface area contributed by atoms with Crippen LogP contribution in [0, 0.1) is 6.92 Å². The molecule has 0 radical (unpaired) electrons. The van der Waals surface area contributed by atoms with E-state index in [9.17, 15) is 27.7 Å². The Bertz CT molecular complexity index is 1740. The number of benzene rings is 4. The number of nitrogens with two attached hydrogens (primary N) is 1. The Morgan fingerprint density at radius 2 is 1.57 bits per heavy atom. The number of hydrogen-bond donors (Lipinski definition) is 2. The second kappa shape index (κ2) is 9.69. The molecule has 0 aromatic heterocycles. The molecule has 5 rings (SSSR count). The number of amides is 2. The molecule has 4 aromatic rings. The second-order valence-electron chi connectivity index (χ2n) is 8.21. The number of carbonyl (C=O) groups excluding carboxylic acids is 2. The van der Waals surface area contributed by atoms with Crippen LogP contribution in [0.5, 0.6) is 5.75 Å². The molecule has 0 fully saturated rings. The number of carbonyl (C=O) groups is 2. The van der Waals surface area contributed by atoms with Crippen molar-refractivity contribution in [2.24, 2.45) is 10.2 Å². The molecule has 1 aliphatic heterocycles. The molecule has 0 spiro atoms. The monoisotopic (exact) mass is 524 g/mol. The van der Waals surface area contributed by atoms with E-state index in [4.69, 9.17) is 5.73 Å². The molecule has 0 saturated heterocycles. The summed E-state index contributed by atoms with van der Waals surface area (Å²) in [5, 5.41) is 21.0. The van der Waals surface area contributed by atoms with E-state index in [1.165, 1.54) is 30.3 Å². The van der Waals surface area contributed by atoms with Gasteiger partial charge in [0.05, 0.1) is 33.1 Å². The van der Waals surface area contributed by atoms with Gasteiger partial charge in [-0.05, 0) is 60.8 Å². The Morgan fingerprint density at radius 1 is 0.892 bits per heavy atom. The number of azo groups is 1. The summed E-state index contributed by atoms with van der Waals surface area (Å²) in [5.74, 6) is -1.67. The second-order valence-corrected chi connectivity index (χ2v) is 9.63. The van der Waals surface area contributed by atoms with Gasteiger partial charge in [0.1, 0.15) is 5.69 Å². The number of nitrogens with zero attached hydrogens (tertiary/aromatic N) is 3. The Morgan fingerprint density at radius 3 is 2.24 bits per heavy atom. The van der Waals surface area contributed by atoms with Gasteiger partial charge in [0.15, 0.2) is 0 Å². The number of aryl methyl sites for hydroxylation is 1.